The Balaban J connectivity index is 2.12. The average Bonchev–Trinajstić information content (AvgIpc) is 2.52. The fourth-order valence-electron chi connectivity index (χ4n) is 1.78. The van der Waals surface area contributed by atoms with Crippen LogP contribution in [-0.4, -0.2) is 30.6 Å². The summed E-state index contributed by atoms with van der Waals surface area (Å²) in [5.41, 5.74) is 5.46. The Morgan fingerprint density at radius 2 is 2.00 bits per heavy atom. The van der Waals surface area contributed by atoms with Crippen LogP contribution < -0.4 is 5.73 Å². The predicted molar refractivity (Wildman–Crippen MR) is 48.6 cm³/mol. The van der Waals surface area contributed by atoms with E-state index in [0.717, 1.165) is 12.6 Å². The molecule has 1 saturated heterocycles. The second kappa shape index (κ2) is 4.73. The second-order valence-corrected chi connectivity index (χ2v) is 3.52. The van der Waals surface area contributed by atoms with E-state index in [4.69, 9.17) is 5.73 Å². The molecular weight excluding hydrogens is 136 g/mol. The maximum absolute atomic E-state index is 5.46. The smallest absolute Gasteiger partial charge is 0.00673 e. The van der Waals surface area contributed by atoms with Crippen molar-refractivity contribution in [2.75, 3.05) is 19.6 Å². The molecule has 2 heteroatoms. The van der Waals surface area contributed by atoms with Crippen molar-refractivity contribution in [2.24, 2.45) is 5.73 Å². The van der Waals surface area contributed by atoms with Crippen LogP contribution in [-0.2, 0) is 0 Å². The Bertz CT molecular complexity index is 97.7. The van der Waals surface area contributed by atoms with Crippen LogP contribution in [0.1, 0.15) is 32.6 Å². The molecule has 0 aliphatic carbocycles. The van der Waals surface area contributed by atoms with Crippen molar-refractivity contribution in [3.8, 4) is 0 Å². The molecule has 0 spiro atoms. The summed E-state index contributed by atoms with van der Waals surface area (Å²) in [6.45, 7) is 5.79. The Labute approximate surface area is 69.8 Å². The van der Waals surface area contributed by atoms with Crippen LogP contribution >= 0.6 is 0 Å². The Hall–Kier alpha value is -0.0800. The molecule has 1 atom stereocenters. The summed E-state index contributed by atoms with van der Waals surface area (Å²) in [5, 5.41) is 0. The second-order valence-electron chi connectivity index (χ2n) is 3.52. The van der Waals surface area contributed by atoms with Crippen molar-refractivity contribution in [1.82, 2.24) is 4.90 Å². The van der Waals surface area contributed by atoms with E-state index in [1.54, 1.807) is 0 Å². The number of hydrogen-bond acceptors (Lipinski definition) is 2. The van der Waals surface area contributed by atoms with Gasteiger partial charge in [-0.2, -0.15) is 0 Å². The standard InChI is InChI=1S/C9H20N2/c1-9(5-4-6-10)11-7-2-3-8-11/h9H,2-8,10H2,1H3. The van der Waals surface area contributed by atoms with E-state index in [0.29, 0.717) is 0 Å². The molecule has 11 heavy (non-hydrogen) atoms. The van der Waals surface area contributed by atoms with Crippen molar-refractivity contribution in [1.29, 1.82) is 0 Å². The highest BCUT2D eigenvalue weighted by Gasteiger charge is 2.16. The van der Waals surface area contributed by atoms with Gasteiger partial charge in [0.15, 0.2) is 0 Å². The molecule has 2 nitrogen and oxygen atoms in total. The molecular formula is C9H20N2. The number of rotatable bonds is 4. The van der Waals surface area contributed by atoms with Gasteiger partial charge in [0, 0.05) is 6.04 Å². The number of hydrogen-bond donors (Lipinski definition) is 1. The monoisotopic (exact) mass is 156 g/mol. The number of likely N-dealkylation sites (tertiary alicyclic amines) is 1. The molecule has 0 aromatic carbocycles. The van der Waals surface area contributed by atoms with Crippen molar-refractivity contribution in [3.63, 3.8) is 0 Å². The zero-order valence-corrected chi connectivity index (χ0v) is 7.55. The van der Waals surface area contributed by atoms with Gasteiger partial charge in [0.05, 0.1) is 0 Å². The van der Waals surface area contributed by atoms with Crippen LogP contribution in [0.2, 0.25) is 0 Å². The molecule has 0 aromatic rings. The highest BCUT2D eigenvalue weighted by atomic mass is 15.2. The van der Waals surface area contributed by atoms with Gasteiger partial charge < -0.3 is 10.6 Å². The third-order valence-corrected chi connectivity index (χ3v) is 2.59. The van der Waals surface area contributed by atoms with Gasteiger partial charge >= 0.3 is 0 Å². The van der Waals surface area contributed by atoms with E-state index >= 15 is 0 Å². The van der Waals surface area contributed by atoms with Crippen molar-refractivity contribution in [2.45, 2.75) is 38.6 Å². The van der Waals surface area contributed by atoms with E-state index in [2.05, 4.69) is 11.8 Å². The lowest BCUT2D eigenvalue weighted by molar-refractivity contribution is 0.244. The summed E-state index contributed by atoms with van der Waals surface area (Å²) in [5.74, 6) is 0. The summed E-state index contributed by atoms with van der Waals surface area (Å²) in [7, 11) is 0. The normalized spacial score (nSPS) is 22.4. The maximum atomic E-state index is 5.46. The molecule has 0 aromatic heterocycles. The Kier molecular flexibility index (Phi) is 3.87. The molecule has 2 N–H and O–H groups in total. The number of nitrogens with two attached hydrogens (primary N) is 1. The van der Waals surface area contributed by atoms with Crippen molar-refractivity contribution in [3.05, 3.63) is 0 Å². The first-order valence-electron chi connectivity index (χ1n) is 4.78. The fraction of sp³-hybridized carbons (Fsp3) is 1.00. The quantitative estimate of drug-likeness (QED) is 0.663. The lowest BCUT2D eigenvalue weighted by atomic mass is 10.1. The van der Waals surface area contributed by atoms with E-state index in [1.165, 1.54) is 38.8 Å². The first-order valence-corrected chi connectivity index (χ1v) is 4.78. The maximum Gasteiger partial charge on any atom is 0.00673 e. The Morgan fingerprint density at radius 3 is 2.55 bits per heavy atom. The third kappa shape index (κ3) is 2.80. The minimum atomic E-state index is 0.765. The Morgan fingerprint density at radius 1 is 1.36 bits per heavy atom. The molecule has 1 aliphatic heterocycles. The largest absolute Gasteiger partial charge is 0.330 e. The zero-order valence-electron chi connectivity index (χ0n) is 7.55. The molecule has 66 valence electrons. The summed E-state index contributed by atoms with van der Waals surface area (Å²) in [6.07, 6.45) is 5.24. The molecule has 1 fully saturated rings. The molecule has 0 amide bonds. The SMILES string of the molecule is CC(CCCN)N1CCCC1. The highest BCUT2D eigenvalue weighted by molar-refractivity contribution is 4.72. The van der Waals surface area contributed by atoms with Crippen LogP contribution in [0.5, 0.6) is 0 Å². The van der Waals surface area contributed by atoms with Crippen LogP contribution in [0.4, 0.5) is 0 Å². The average molecular weight is 156 g/mol. The summed E-state index contributed by atoms with van der Waals surface area (Å²) < 4.78 is 0. The highest BCUT2D eigenvalue weighted by Crippen LogP contribution is 2.14. The summed E-state index contributed by atoms with van der Waals surface area (Å²) in [4.78, 5) is 2.58. The van der Waals surface area contributed by atoms with Crippen molar-refractivity contribution >= 4 is 0 Å². The zero-order chi connectivity index (χ0) is 8.10. The van der Waals surface area contributed by atoms with Crippen molar-refractivity contribution < 1.29 is 0 Å². The first kappa shape index (κ1) is 9.01. The third-order valence-electron chi connectivity index (χ3n) is 2.59. The van der Waals surface area contributed by atoms with Gasteiger partial charge in [-0.05, 0) is 52.2 Å². The minimum absolute atomic E-state index is 0.765. The van der Waals surface area contributed by atoms with Crippen LogP contribution in [0, 0.1) is 0 Å². The predicted octanol–water partition coefficient (Wildman–Crippen LogP) is 1.21. The van der Waals surface area contributed by atoms with E-state index in [-0.39, 0.29) is 0 Å². The van der Waals surface area contributed by atoms with Crippen LogP contribution in [0.15, 0.2) is 0 Å². The van der Waals surface area contributed by atoms with Crippen LogP contribution in [0.25, 0.3) is 0 Å². The number of nitrogens with zero attached hydrogens (tertiary/aromatic N) is 1. The van der Waals surface area contributed by atoms with E-state index < -0.39 is 0 Å². The summed E-state index contributed by atoms with van der Waals surface area (Å²) >= 11 is 0. The fourth-order valence-corrected chi connectivity index (χ4v) is 1.78. The van der Waals surface area contributed by atoms with Gasteiger partial charge in [-0.1, -0.05) is 0 Å². The van der Waals surface area contributed by atoms with E-state index in [1.807, 2.05) is 0 Å². The molecule has 1 aliphatic rings. The lowest BCUT2D eigenvalue weighted by Gasteiger charge is -2.23. The topological polar surface area (TPSA) is 29.3 Å². The molecule has 0 saturated carbocycles. The minimum Gasteiger partial charge on any atom is -0.330 e. The molecule has 1 heterocycles. The van der Waals surface area contributed by atoms with Gasteiger partial charge in [0.25, 0.3) is 0 Å². The molecule has 1 unspecified atom stereocenters. The van der Waals surface area contributed by atoms with E-state index in [9.17, 15) is 0 Å². The molecule has 0 bridgehead atoms. The van der Waals surface area contributed by atoms with Gasteiger partial charge in [0.1, 0.15) is 0 Å². The van der Waals surface area contributed by atoms with Crippen LogP contribution in [0.3, 0.4) is 0 Å². The van der Waals surface area contributed by atoms with Gasteiger partial charge in [-0.3, -0.25) is 0 Å². The molecule has 1 rings (SSSR count). The summed E-state index contributed by atoms with van der Waals surface area (Å²) in [6, 6.07) is 0.765. The lowest BCUT2D eigenvalue weighted by Crippen LogP contribution is -2.30. The molecule has 0 radical (unpaired) electrons. The van der Waals surface area contributed by atoms with Gasteiger partial charge in [0.2, 0.25) is 0 Å². The van der Waals surface area contributed by atoms with Gasteiger partial charge in [-0.25, -0.2) is 0 Å². The first-order chi connectivity index (χ1) is 5.34. The van der Waals surface area contributed by atoms with Gasteiger partial charge in [-0.15, -0.1) is 0 Å².